The summed E-state index contributed by atoms with van der Waals surface area (Å²) in [5, 5.41) is 2.71. The van der Waals surface area contributed by atoms with Crippen molar-refractivity contribution in [3.05, 3.63) is 23.8 Å². The first kappa shape index (κ1) is 16.8. The SMILES string of the molecule is CCCCNC(=O)c1ccc(OCC)c(S(=O)(=O)Cl)c1. The minimum atomic E-state index is -3.97. The number of carbonyl (C=O) groups excluding carboxylic acids is 1. The molecule has 1 amide bonds. The van der Waals surface area contributed by atoms with Crippen LogP contribution < -0.4 is 10.1 Å². The molecule has 20 heavy (non-hydrogen) atoms. The molecule has 0 spiro atoms. The second kappa shape index (κ2) is 7.50. The Balaban J connectivity index is 3.03. The second-order valence-corrected chi connectivity index (χ2v) is 6.68. The molecule has 0 atom stereocenters. The number of hydrogen-bond donors (Lipinski definition) is 1. The highest BCUT2D eigenvalue weighted by atomic mass is 35.7. The Morgan fingerprint density at radius 2 is 2.05 bits per heavy atom. The van der Waals surface area contributed by atoms with Crippen LogP contribution in [0.4, 0.5) is 0 Å². The summed E-state index contributed by atoms with van der Waals surface area (Å²) >= 11 is 0. The first-order valence-corrected chi connectivity index (χ1v) is 8.70. The zero-order valence-corrected chi connectivity index (χ0v) is 13.1. The summed E-state index contributed by atoms with van der Waals surface area (Å²) in [7, 11) is 1.39. The van der Waals surface area contributed by atoms with E-state index in [-0.39, 0.29) is 22.1 Å². The average Bonchev–Trinajstić information content (AvgIpc) is 2.38. The summed E-state index contributed by atoms with van der Waals surface area (Å²) in [6, 6.07) is 4.18. The lowest BCUT2D eigenvalue weighted by Gasteiger charge is -2.10. The van der Waals surface area contributed by atoms with Gasteiger partial charge in [-0.3, -0.25) is 4.79 Å². The standard InChI is InChI=1S/C13H18ClNO4S/c1-3-5-8-15-13(16)10-6-7-11(19-4-2)12(9-10)20(14,17)18/h6-7,9H,3-5,8H2,1-2H3,(H,15,16). The largest absolute Gasteiger partial charge is 0.492 e. The van der Waals surface area contributed by atoms with Gasteiger partial charge in [-0.05, 0) is 31.5 Å². The maximum absolute atomic E-state index is 11.9. The molecule has 112 valence electrons. The highest BCUT2D eigenvalue weighted by molar-refractivity contribution is 8.13. The lowest BCUT2D eigenvalue weighted by molar-refractivity contribution is 0.0953. The van der Waals surface area contributed by atoms with Gasteiger partial charge in [0.15, 0.2) is 0 Å². The van der Waals surface area contributed by atoms with Gasteiger partial charge in [-0.1, -0.05) is 13.3 Å². The van der Waals surface area contributed by atoms with Crippen LogP contribution in [-0.2, 0) is 9.05 Å². The van der Waals surface area contributed by atoms with Gasteiger partial charge in [0.25, 0.3) is 15.0 Å². The van der Waals surface area contributed by atoms with E-state index < -0.39 is 9.05 Å². The van der Waals surface area contributed by atoms with Crippen molar-refractivity contribution in [1.82, 2.24) is 5.32 Å². The van der Waals surface area contributed by atoms with Crippen LogP contribution in [0.15, 0.2) is 23.1 Å². The fraction of sp³-hybridized carbons (Fsp3) is 0.462. The number of benzene rings is 1. The summed E-state index contributed by atoms with van der Waals surface area (Å²) in [5.74, 6) is -0.185. The van der Waals surface area contributed by atoms with Gasteiger partial charge >= 0.3 is 0 Å². The highest BCUT2D eigenvalue weighted by Crippen LogP contribution is 2.28. The third-order valence-electron chi connectivity index (χ3n) is 2.58. The minimum absolute atomic E-state index is 0.146. The van der Waals surface area contributed by atoms with Crippen LogP contribution in [0.1, 0.15) is 37.0 Å². The van der Waals surface area contributed by atoms with Crippen molar-refractivity contribution in [2.75, 3.05) is 13.2 Å². The van der Waals surface area contributed by atoms with Gasteiger partial charge in [0.2, 0.25) is 0 Å². The molecule has 0 aliphatic rings. The number of ether oxygens (including phenoxy) is 1. The molecule has 5 nitrogen and oxygen atoms in total. The van der Waals surface area contributed by atoms with Crippen LogP contribution in [0, 0.1) is 0 Å². The van der Waals surface area contributed by atoms with E-state index in [2.05, 4.69) is 5.32 Å². The van der Waals surface area contributed by atoms with Crippen molar-refractivity contribution in [3.63, 3.8) is 0 Å². The Kier molecular flexibility index (Phi) is 6.29. The van der Waals surface area contributed by atoms with Crippen LogP contribution in [0.2, 0.25) is 0 Å². The molecule has 0 aromatic heterocycles. The average molecular weight is 320 g/mol. The lowest BCUT2D eigenvalue weighted by atomic mass is 10.2. The molecule has 7 heteroatoms. The molecule has 0 saturated heterocycles. The van der Waals surface area contributed by atoms with Crippen LogP contribution in [0.3, 0.4) is 0 Å². The third kappa shape index (κ3) is 4.68. The summed E-state index contributed by atoms with van der Waals surface area (Å²) < 4.78 is 28.2. The molecule has 0 fully saturated rings. The fourth-order valence-electron chi connectivity index (χ4n) is 1.60. The Morgan fingerprint density at radius 1 is 1.35 bits per heavy atom. The van der Waals surface area contributed by atoms with Crippen molar-refractivity contribution in [2.45, 2.75) is 31.6 Å². The van der Waals surface area contributed by atoms with Crippen molar-refractivity contribution in [1.29, 1.82) is 0 Å². The van der Waals surface area contributed by atoms with Crippen LogP contribution in [-0.4, -0.2) is 27.5 Å². The van der Waals surface area contributed by atoms with E-state index in [9.17, 15) is 13.2 Å². The first-order valence-electron chi connectivity index (χ1n) is 6.39. The molecule has 0 heterocycles. The molecule has 1 aromatic rings. The van der Waals surface area contributed by atoms with E-state index in [1.807, 2.05) is 6.92 Å². The van der Waals surface area contributed by atoms with E-state index in [4.69, 9.17) is 15.4 Å². The molecule has 0 aliphatic carbocycles. The Bertz CT molecular complexity index is 572. The van der Waals surface area contributed by atoms with Gasteiger partial charge in [-0.25, -0.2) is 8.42 Å². The predicted octanol–water partition coefficient (Wildman–Crippen LogP) is 2.54. The van der Waals surface area contributed by atoms with Gasteiger partial charge in [0.1, 0.15) is 10.6 Å². The van der Waals surface area contributed by atoms with E-state index in [0.29, 0.717) is 13.2 Å². The Hall–Kier alpha value is -1.27. The second-order valence-electron chi connectivity index (χ2n) is 4.14. The molecule has 1 aromatic carbocycles. The summed E-state index contributed by atoms with van der Waals surface area (Å²) in [4.78, 5) is 11.7. The van der Waals surface area contributed by atoms with E-state index in [1.165, 1.54) is 18.2 Å². The highest BCUT2D eigenvalue weighted by Gasteiger charge is 2.19. The normalized spacial score (nSPS) is 11.2. The number of halogens is 1. The zero-order valence-electron chi connectivity index (χ0n) is 11.5. The third-order valence-corrected chi connectivity index (χ3v) is 3.93. The quantitative estimate of drug-likeness (QED) is 0.619. The Labute approximate surface area is 123 Å². The molecule has 0 radical (unpaired) electrons. The predicted molar refractivity (Wildman–Crippen MR) is 77.9 cm³/mol. The van der Waals surface area contributed by atoms with Gasteiger partial charge < -0.3 is 10.1 Å². The number of hydrogen-bond acceptors (Lipinski definition) is 4. The molecule has 0 saturated carbocycles. The van der Waals surface area contributed by atoms with Gasteiger partial charge in [-0.15, -0.1) is 0 Å². The van der Waals surface area contributed by atoms with Gasteiger partial charge in [0.05, 0.1) is 6.61 Å². The number of amides is 1. The maximum Gasteiger partial charge on any atom is 0.265 e. The minimum Gasteiger partial charge on any atom is -0.492 e. The number of nitrogens with one attached hydrogen (secondary N) is 1. The molecule has 1 rings (SSSR count). The molecular weight excluding hydrogens is 302 g/mol. The number of unbranched alkanes of at least 4 members (excludes halogenated alkanes) is 1. The number of carbonyl (C=O) groups is 1. The molecule has 0 aliphatic heterocycles. The summed E-state index contributed by atoms with van der Waals surface area (Å²) in [6.45, 7) is 4.60. The fourth-order valence-corrected chi connectivity index (χ4v) is 2.59. The maximum atomic E-state index is 11.9. The van der Waals surface area contributed by atoms with E-state index in [0.717, 1.165) is 12.8 Å². The summed E-state index contributed by atoms with van der Waals surface area (Å²) in [5.41, 5.74) is 0.240. The topological polar surface area (TPSA) is 72.5 Å². The van der Waals surface area contributed by atoms with Crippen LogP contribution in [0.25, 0.3) is 0 Å². The molecule has 1 N–H and O–H groups in total. The van der Waals surface area contributed by atoms with Crippen molar-refractivity contribution in [2.24, 2.45) is 0 Å². The monoisotopic (exact) mass is 319 g/mol. The summed E-state index contributed by atoms with van der Waals surface area (Å²) in [6.07, 6.45) is 1.83. The van der Waals surface area contributed by atoms with Gasteiger partial charge in [-0.2, -0.15) is 0 Å². The van der Waals surface area contributed by atoms with Crippen molar-refractivity contribution in [3.8, 4) is 5.75 Å². The van der Waals surface area contributed by atoms with Crippen molar-refractivity contribution >= 4 is 25.6 Å². The number of rotatable bonds is 7. The van der Waals surface area contributed by atoms with E-state index in [1.54, 1.807) is 6.92 Å². The molecule has 0 unspecified atom stereocenters. The van der Waals surface area contributed by atoms with E-state index >= 15 is 0 Å². The Morgan fingerprint density at radius 3 is 2.60 bits per heavy atom. The van der Waals surface area contributed by atoms with Crippen LogP contribution in [0.5, 0.6) is 5.75 Å². The smallest absolute Gasteiger partial charge is 0.265 e. The first-order chi connectivity index (χ1) is 9.40. The molecule has 0 bridgehead atoms. The van der Waals surface area contributed by atoms with Crippen LogP contribution >= 0.6 is 10.7 Å². The zero-order chi connectivity index (χ0) is 15.2. The molecular formula is C13H18ClNO4S. The van der Waals surface area contributed by atoms with Crippen molar-refractivity contribution < 1.29 is 17.9 Å². The lowest BCUT2D eigenvalue weighted by Crippen LogP contribution is -2.24. The van der Waals surface area contributed by atoms with Gasteiger partial charge in [0, 0.05) is 22.8 Å².